The lowest BCUT2D eigenvalue weighted by Gasteiger charge is -2.35. The summed E-state index contributed by atoms with van der Waals surface area (Å²) in [6, 6.07) is 11.4. The quantitative estimate of drug-likeness (QED) is 0.772. The second-order valence-electron chi connectivity index (χ2n) is 7.85. The summed E-state index contributed by atoms with van der Waals surface area (Å²) in [5.74, 6) is 0.465. The molecule has 154 valence electrons. The van der Waals surface area contributed by atoms with Crippen molar-refractivity contribution in [2.24, 2.45) is 5.73 Å². The third-order valence-corrected chi connectivity index (χ3v) is 5.66. The van der Waals surface area contributed by atoms with Crippen molar-refractivity contribution in [3.05, 3.63) is 35.9 Å². The van der Waals surface area contributed by atoms with Crippen molar-refractivity contribution < 1.29 is 4.79 Å². The van der Waals surface area contributed by atoms with Gasteiger partial charge in [-0.2, -0.15) is 0 Å². The molecular formula is C20H34Cl2N4O. The lowest BCUT2D eigenvalue weighted by atomic mass is 9.95. The van der Waals surface area contributed by atoms with Crippen LogP contribution in [0, 0.1) is 0 Å². The van der Waals surface area contributed by atoms with E-state index in [1.54, 1.807) is 0 Å². The van der Waals surface area contributed by atoms with Crippen LogP contribution in [0.4, 0.5) is 0 Å². The number of carbonyl (C=O) groups is 1. The molecule has 1 amide bonds. The van der Waals surface area contributed by atoms with Crippen molar-refractivity contribution in [3.8, 4) is 0 Å². The molecule has 1 aromatic rings. The van der Waals surface area contributed by atoms with Gasteiger partial charge in [-0.15, -0.1) is 24.8 Å². The molecule has 0 radical (unpaired) electrons. The molecule has 0 saturated carbocycles. The number of carbonyl (C=O) groups excluding carboxylic acids is 1. The van der Waals surface area contributed by atoms with Crippen molar-refractivity contribution in [2.45, 2.75) is 50.7 Å². The van der Waals surface area contributed by atoms with Gasteiger partial charge in [-0.1, -0.05) is 30.3 Å². The van der Waals surface area contributed by atoms with E-state index in [2.05, 4.69) is 53.2 Å². The predicted octanol–water partition coefficient (Wildman–Crippen LogP) is 2.25. The van der Waals surface area contributed by atoms with Gasteiger partial charge < -0.3 is 16.0 Å². The van der Waals surface area contributed by atoms with Gasteiger partial charge in [0.2, 0.25) is 5.91 Å². The third kappa shape index (κ3) is 6.61. The summed E-state index contributed by atoms with van der Waals surface area (Å²) in [7, 11) is 0. The Bertz CT molecular complexity index is 564. The number of likely N-dealkylation sites (tertiary alicyclic amines) is 2. The van der Waals surface area contributed by atoms with E-state index in [0.717, 1.165) is 39.0 Å². The molecule has 0 aliphatic carbocycles. The molecule has 0 aromatic heterocycles. The van der Waals surface area contributed by atoms with Crippen LogP contribution < -0.4 is 11.1 Å². The molecule has 2 aliphatic heterocycles. The fraction of sp³-hybridized carbons (Fsp3) is 0.650. The van der Waals surface area contributed by atoms with Crippen LogP contribution in [0.2, 0.25) is 0 Å². The van der Waals surface area contributed by atoms with E-state index in [1.807, 2.05) is 6.07 Å². The van der Waals surface area contributed by atoms with Crippen LogP contribution in [0.5, 0.6) is 0 Å². The lowest BCUT2D eigenvalue weighted by molar-refractivity contribution is -0.123. The molecule has 5 nitrogen and oxygen atoms in total. The number of benzene rings is 1. The molecule has 27 heavy (non-hydrogen) atoms. The van der Waals surface area contributed by atoms with Gasteiger partial charge in [0.05, 0.1) is 6.54 Å². The normalized spacial score (nSPS) is 24.3. The summed E-state index contributed by atoms with van der Waals surface area (Å²) in [6.45, 7) is 8.74. The highest BCUT2D eigenvalue weighted by Crippen LogP contribution is 2.26. The molecule has 0 unspecified atom stereocenters. The minimum absolute atomic E-state index is 0. The first-order valence-electron chi connectivity index (χ1n) is 9.59. The maximum Gasteiger partial charge on any atom is 0.234 e. The molecule has 1 aromatic carbocycles. The molecule has 3 rings (SSSR count). The van der Waals surface area contributed by atoms with Crippen LogP contribution in [-0.4, -0.2) is 66.6 Å². The number of amides is 1. The number of nitrogens with one attached hydrogen (secondary N) is 1. The molecule has 0 spiro atoms. The van der Waals surface area contributed by atoms with Crippen LogP contribution in [0.25, 0.3) is 0 Å². The minimum Gasteiger partial charge on any atom is -0.352 e. The van der Waals surface area contributed by atoms with Gasteiger partial charge in [-0.05, 0) is 32.3 Å². The standard InChI is InChI=1S/C20H32N4O.2ClH/c1-15(2)24-10-8-17(9-11-24)22-20(25)14-23-12-18(19(21)13-23)16-6-4-3-5-7-16;;/h3-7,15,17-19H,8-14,21H2,1-2H3,(H,22,25);2*1H/t18-,19+;;/m0../s1. The van der Waals surface area contributed by atoms with Crippen LogP contribution >= 0.6 is 24.8 Å². The molecule has 2 aliphatic rings. The molecule has 2 heterocycles. The zero-order chi connectivity index (χ0) is 17.8. The third-order valence-electron chi connectivity index (χ3n) is 5.66. The molecule has 7 heteroatoms. The first kappa shape index (κ1) is 24.2. The number of halogens is 2. The van der Waals surface area contributed by atoms with E-state index in [9.17, 15) is 4.79 Å². The zero-order valence-corrected chi connectivity index (χ0v) is 18.0. The van der Waals surface area contributed by atoms with E-state index >= 15 is 0 Å². The van der Waals surface area contributed by atoms with Gasteiger partial charge in [0.25, 0.3) is 0 Å². The van der Waals surface area contributed by atoms with Gasteiger partial charge in [-0.3, -0.25) is 9.69 Å². The zero-order valence-electron chi connectivity index (χ0n) is 16.3. The summed E-state index contributed by atoms with van der Waals surface area (Å²) in [5.41, 5.74) is 7.60. The Kier molecular flexibility index (Phi) is 10.1. The van der Waals surface area contributed by atoms with Crippen LogP contribution in [0.1, 0.15) is 38.2 Å². The number of piperidine rings is 1. The van der Waals surface area contributed by atoms with E-state index in [4.69, 9.17) is 5.73 Å². The summed E-state index contributed by atoms with van der Waals surface area (Å²) in [6.07, 6.45) is 2.10. The fourth-order valence-corrected chi connectivity index (χ4v) is 4.13. The van der Waals surface area contributed by atoms with Crippen molar-refractivity contribution in [3.63, 3.8) is 0 Å². The molecule has 2 atom stereocenters. The Labute approximate surface area is 175 Å². The van der Waals surface area contributed by atoms with Crippen LogP contribution in [-0.2, 0) is 4.79 Å². The van der Waals surface area contributed by atoms with Gasteiger partial charge in [0.1, 0.15) is 0 Å². The highest BCUT2D eigenvalue weighted by Gasteiger charge is 2.32. The monoisotopic (exact) mass is 416 g/mol. The maximum atomic E-state index is 12.4. The number of nitrogens with two attached hydrogens (primary N) is 1. The SMILES string of the molecule is CC(C)N1CCC(NC(=O)CN2C[C@@H](N)[C@H](c3ccccc3)C2)CC1.Cl.Cl. The Hall–Kier alpha value is -0.850. The summed E-state index contributed by atoms with van der Waals surface area (Å²) >= 11 is 0. The van der Waals surface area contributed by atoms with E-state index in [0.29, 0.717) is 24.5 Å². The molecular weight excluding hydrogens is 383 g/mol. The van der Waals surface area contributed by atoms with Crippen molar-refractivity contribution in [2.75, 3.05) is 32.7 Å². The van der Waals surface area contributed by atoms with Gasteiger partial charge in [0.15, 0.2) is 0 Å². The van der Waals surface area contributed by atoms with Gasteiger partial charge in [0, 0.05) is 50.2 Å². The average molecular weight is 417 g/mol. The number of hydrogen-bond acceptors (Lipinski definition) is 4. The predicted molar refractivity (Wildman–Crippen MR) is 116 cm³/mol. The average Bonchev–Trinajstić information content (AvgIpc) is 2.96. The second kappa shape index (κ2) is 11.2. The highest BCUT2D eigenvalue weighted by atomic mass is 35.5. The van der Waals surface area contributed by atoms with E-state index in [-0.39, 0.29) is 36.8 Å². The molecule has 0 bridgehead atoms. The summed E-state index contributed by atoms with van der Waals surface area (Å²) in [5, 5.41) is 3.23. The van der Waals surface area contributed by atoms with Crippen molar-refractivity contribution in [1.29, 1.82) is 0 Å². The maximum absolute atomic E-state index is 12.4. The number of hydrogen-bond donors (Lipinski definition) is 2. The van der Waals surface area contributed by atoms with Crippen LogP contribution in [0.15, 0.2) is 30.3 Å². The van der Waals surface area contributed by atoms with Gasteiger partial charge in [-0.25, -0.2) is 0 Å². The van der Waals surface area contributed by atoms with E-state index < -0.39 is 0 Å². The molecule has 3 N–H and O–H groups in total. The van der Waals surface area contributed by atoms with Crippen molar-refractivity contribution in [1.82, 2.24) is 15.1 Å². The number of nitrogens with zero attached hydrogens (tertiary/aromatic N) is 2. The van der Waals surface area contributed by atoms with Crippen molar-refractivity contribution >= 4 is 30.7 Å². The minimum atomic E-state index is 0. The first-order valence-corrected chi connectivity index (χ1v) is 9.59. The Balaban J connectivity index is 0.00000182. The van der Waals surface area contributed by atoms with Gasteiger partial charge >= 0.3 is 0 Å². The largest absolute Gasteiger partial charge is 0.352 e. The summed E-state index contributed by atoms with van der Waals surface area (Å²) < 4.78 is 0. The Morgan fingerprint density at radius 2 is 1.78 bits per heavy atom. The second-order valence-corrected chi connectivity index (χ2v) is 7.85. The van der Waals surface area contributed by atoms with Crippen LogP contribution in [0.3, 0.4) is 0 Å². The molecule has 2 saturated heterocycles. The highest BCUT2D eigenvalue weighted by molar-refractivity contribution is 5.85. The Morgan fingerprint density at radius 3 is 2.37 bits per heavy atom. The Morgan fingerprint density at radius 1 is 1.15 bits per heavy atom. The summed E-state index contributed by atoms with van der Waals surface area (Å²) in [4.78, 5) is 17.1. The molecule has 2 fully saturated rings. The fourth-order valence-electron chi connectivity index (χ4n) is 4.13. The first-order chi connectivity index (χ1) is 12.0. The lowest BCUT2D eigenvalue weighted by Crippen LogP contribution is -2.48. The van der Waals surface area contributed by atoms with E-state index in [1.165, 1.54) is 5.56 Å². The number of rotatable bonds is 5. The topological polar surface area (TPSA) is 61.6 Å². The smallest absolute Gasteiger partial charge is 0.234 e.